The van der Waals surface area contributed by atoms with Crippen molar-refractivity contribution in [2.24, 2.45) is 0 Å². The van der Waals surface area contributed by atoms with Crippen molar-refractivity contribution in [3.63, 3.8) is 0 Å². The molecule has 1 N–H and O–H groups in total. The summed E-state index contributed by atoms with van der Waals surface area (Å²) in [4.78, 5) is 11.0. The highest BCUT2D eigenvalue weighted by atomic mass is 32.2. The largest absolute Gasteiger partial charge is 0.478 e. The first-order chi connectivity index (χ1) is 11.4. The zero-order chi connectivity index (χ0) is 17.6. The molecule has 2 rings (SSSR count). The summed E-state index contributed by atoms with van der Waals surface area (Å²) in [6.45, 7) is 2.73. The van der Waals surface area contributed by atoms with Crippen LogP contribution in [-0.2, 0) is 16.6 Å². The standard InChI is InChI=1S/C18H21NO4S/c1-2-3-13-19(14-15-7-5-4-6-8-15)24(22,23)17-11-9-16(10-12-17)18(20)21/h4-12H,2-3,13-14H2,1H3,(H,20,21). The lowest BCUT2D eigenvalue weighted by molar-refractivity contribution is 0.0696. The molecule has 0 aliphatic heterocycles. The molecule has 0 aliphatic carbocycles. The average Bonchev–Trinajstić information content (AvgIpc) is 2.59. The van der Waals surface area contributed by atoms with Gasteiger partial charge in [-0.2, -0.15) is 4.31 Å². The second kappa shape index (κ2) is 8.08. The van der Waals surface area contributed by atoms with Crippen molar-refractivity contribution in [3.05, 3.63) is 65.7 Å². The molecule has 0 bridgehead atoms. The van der Waals surface area contributed by atoms with E-state index in [0.29, 0.717) is 13.1 Å². The smallest absolute Gasteiger partial charge is 0.335 e. The highest BCUT2D eigenvalue weighted by Crippen LogP contribution is 2.20. The van der Waals surface area contributed by atoms with Crippen LogP contribution in [0.2, 0.25) is 0 Å². The van der Waals surface area contributed by atoms with Crippen molar-refractivity contribution >= 4 is 16.0 Å². The topological polar surface area (TPSA) is 74.7 Å². The van der Waals surface area contributed by atoms with Crippen LogP contribution in [0.4, 0.5) is 0 Å². The Labute approximate surface area is 142 Å². The molecule has 0 heterocycles. The van der Waals surface area contributed by atoms with E-state index in [1.165, 1.54) is 28.6 Å². The van der Waals surface area contributed by atoms with Crippen LogP contribution >= 0.6 is 0 Å². The Morgan fingerprint density at radius 3 is 2.21 bits per heavy atom. The number of carbonyl (C=O) groups is 1. The molecular weight excluding hydrogens is 326 g/mol. The molecule has 6 heteroatoms. The summed E-state index contributed by atoms with van der Waals surface area (Å²) < 4.78 is 27.3. The van der Waals surface area contributed by atoms with Crippen molar-refractivity contribution < 1.29 is 18.3 Å². The summed E-state index contributed by atoms with van der Waals surface area (Å²) in [6.07, 6.45) is 1.65. The quantitative estimate of drug-likeness (QED) is 0.794. The summed E-state index contributed by atoms with van der Waals surface area (Å²) in [6, 6.07) is 14.8. The molecule has 2 aromatic rings. The Kier molecular flexibility index (Phi) is 6.11. The van der Waals surface area contributed by atoms with Gasteiger partial charge in [0.25, 0.3) is 0 Å². The van der Waals surface area contributed by atoms with E-state index in [9.17, 15) is 13.2 Å². The molecule has 128 valence electrons. The van der Waals surface area contributed by atoms with E-state index in [0.717, 1.165) is 18.4 Å². The summed E-state index contributed by atoms with van der Waals surface area (Å²) in [5, 5.41) is 8.94. The first kappa shape index (κ1) is 18.2. The predicted octanol–water partition coefficient (Wildman–Crippen LogP) is 3.38. The van der Waals surface area contributed by atoms with Gasteiger partial charge in [0.15, 0.2) is 0 Å². The van der Waals surface area contributed by atoms with Gasteiger partial charge in [-0.25, -0.2) is 13.2 Å². The minimum Gasteiger partial charge on any atom is -0.478 e. The molecule has 0 amide bonds. The number of nitrogens with zero attached hydrogens (tertiary/aromatic N) is 1. The molecule has 0 saturated heterocycles. The van der Waals surface area contributed by atoms with Gasteiger partial charge in [0.05, 0.1) is 10.5 Å². The number of aromatic carboxylic acids is 1. The highest BCUT2D eigenvalue weighted by Gasteiger charge is 2.24. The third-order valence-corrected chi connectivity index (χ3v) is 5.56. The van der Waals surface area contributed by atoms with Gasteiger partial charge in [0, 0.05) is 13.1 Å². The van der Waals surface area contributed by atoms with E-state index < -0.39 is 16.0 Å². The van der Waals surface area contributed by atoms with E-state index in [-0.39, 0.29) is 10.5 Å². The monoisotopic (exact) mass is 347 g/mol. The molecule has 0 aliphatic rings. The van der Waals surface area contributed by atoms with Gasteiger partial charge >= 0.3 is 5.97 Å². The van der Waals surface area contributed by atoms with Crippen molar-refractivity contribution in [3.8, 4) is 0 Å². The molecule has 0 atom stereocenters. The maximum absolute atomic E-state index is 12.9. The molecule has 0 spiro atoms. The van der Waals surface area contributed by atoms with Crippen molar-refractivity contribution in [1.82, 2.24) is 4.31 Å². The van der Waals surface area contributed by atoms with Crippen LogP contribution in [0, 0.1) is 0 Å². The molecule has 2 aromatic carbocycles. The normalized spacial score (nSPS) is 11.6. The number of unbranched alkanes of at least 4 members (excludes halogenated alkanes) is 1. The highest BCUT2D eigenvalue weighted by molar-refractivity contribution is 7.89. The van der Waals surface area contributed by atoms with Gasteiger partial charge in [0.1, 0.15) is 0 Å². The average molecular weight is 347 g/mol. The van der Waals surface area contributed by atoms with Crippen LogP contribution < -0.4 is 0 Å². The Morgan fingerprint density at radius 1 is 1.04 bits per heavy atom. The zero-order valence-electron chi connectivity index (χ0n) is 13.6. The Bertz CT molecular complexity index is 770. The fourth-order valence-electron chi connectivity index (χ4n) is 2.32. The van der Waals surface area contributed by atoms with Crippen LogP contribution in [-0.4, -0.2) is 30.3 Å². The Hall–Kier alpha value is -2.18. The van der Waals surface area contributed by atoms with E-state index in [1.54, 1.807) is 0 Å². The van der Waals surface area contributed by atoms with Gasteiger partial charge in [0.2, 0.25) is 10.0 Å². The lowest BCUT2D eigenvalue weighted by Gasteiger charge is -2.22. The Morgan fingerprint density at radius 2 is 1.67 bits per heavy atom. The minimum absolute atomic E-state index is 0.0668. The number of benzene rings is 2. The molecular formula is C18H21NO4S. The van der Waals surface area contributed by atoms with Crippen molar-refractivity contribution in [2.75, 3.05) is 6.54 Å². The summed E-state index contributed by atoms with van der Waals surface area (Å²) in [5.41, 5.74) is 0.983. The van der Waals surface area contributed by atoms with Gasteiger partial charge < -0.3 is 5.11 Å². The van der Waals surface area contributed by atoms with E-state index in [2.05, 4.69) is 0 Å². The van der Waals surface area contributed by atoms with E-state index in [1.807, 2.05) is 37.3 Å². The maximum atomic E-state index is 12.9. The number of carboxylic acid groups (broad SMARTS) is 1. The first-order valence-electron chi connectivity index (χ1n) is 7.82. The SMILES string of the molecule is CCCCN(Cc1ccccc1)S(=O)(=O)c1ccc(C(=O)O)cc1. The molecule has 0 fully saturated rings. The van der Waals surface area contributed by atoms with Gasteiger partial charge in [-0.05, 0) is 36.2 Å². The van der Waals surface area contributed by atoms with Gasteiger partial charge in [-0.1, -0.05) is 43.7 Å². The number of hydrogen-bond donors (Lipinski definition) is 1. The third-order valence-electron chi connectivity index (χ3n) is 3.70. The molecule has 0 aromatic heterocycles. The summed E-state index contributed by atoms with van der Waals surface area (Å²) in [7, 11) is -3.67. The fourth-order valence-corrected chi connectivity index (χ4v) is 3.79. The van der Waals surface area contributed by atoms with E-state index in [4.69, 9.17) is 5.11 Å². The van der Waals surface area contributed by atoms with Gasteiger partial charge in [-0.15, -0.1) is 0 Å². The van der Waals surface area contributed by atoms with Gasteiger partial charge in [-0.3, -0.25) is 0 Å². The molecule has 5 nitrogen and oxygen atoms in total. The van der Waals surface area contributed by atoms with Crippen molar-refractivity contribution in [1.29, 1.82) is 0 Å². The third kappa shape index (κ3) is 4.43. The maximum Gasteiger partial charge on any atom is 0.335 e. The second-order valence-corrected chi connectivity index (χ2v) is 7.45. The number of sulfonamides is 1. The van der Waals surface area contributed by atoms with Crippen LogP contribution in [0.1, 0.15) is 35.7 Å². The molecule has 24 heavy (non-hydrogen) atoms. The summed E-state index contributed by atoms with van der Waals surface area (Å²) in [5.74, 6) is -1.08. The molecule has 0 radical (unpaired) electrons. The number of carboxylic acids is 1. The minimum atomic E-state index is -3.67. The predicted molar refractivity (Wildman–Crippen MR) is 92.3 cm³/mol. The first-order valence-corrected chi connectivity index (χ1v) is 9.26. The Balaban J connectivity index is 2.30. The van der Waals surface area contributed by atoms with Crippen LogP contribution in [0.3, 0.4) is 0 Å². The van der Waals surface area contributed by atoms with Crippen LogP contribution in [0.5, 0.6) is 0 Å². The van der Waals surface area contributed by atoms with Crippen LogP contribution in [0.15, 0.2) is 59.5 Å². The lowest BCUT2D eigenvalue weighted by atomic mass is 10.2. The number of hydrogen-bond acceptors (Lipinski definition) is 3. The van der Waals surface area contributed by atoms with Crippen LogP contribution in [0.25, 0.3) is 0 Å². The molecule has 0 unspecified atom stereocenters. The fraction of sp³-hybridized carbons (Fsp3) is 0.278. The second-order valence-electron chi connectivity index (χ2n) is 5.51. The molecule has 0 saturated carbocycles. The lowest BCUT2D eigenvalue weighted by Crippen LogP contribution is -2.31. The van der Waals surface area contributed by atoms with E-state index >= 15 is 0 Å². The summed E-state index contributed by atoms with van der Waals surface area (Å²) >= 11 is 0. The van der Waals surface area contributed by atoms with Crippen molar-refractivity contribution in [2.45, 2.75) is 31.2 Å². The number of rotatable bonds is 8. The zero-order valence-corrected chi connectivity index (χ0v) is 14.4.